The molecular weight excluding hydrogens is 477 g/mol. The van der Waals surface area contributed by atoms with Crippen LogP contribution in [-0.4, -0.2) is 47.7 Å². The Labute approximate surface area is 218 Å². The summed E-state index contributed by atoms with van der Waals surface area (Å²) in [4.78, 5) is 40.4. The van der Waals surface area contributed by atoms with Crippen molar-refractivity contribution in [1.82, 2.24) is 4.90 Å². The minimum absolute atomic E-state index is 0.000370. The topological polar surface area (TPSA) is 82.1 Å². The fourth-order valence-electron chi connectivity index (χ4n) is 3.47. The van der Waals surface area contributed by atoms with Crippen LogP contribution in [0.1, 0.15) is 59.1 Å². The van der Waals surface area contributed by atoms with Gasteiger partial charge in [0, 0.05) is 13.5 Å². The molecule has 7 nitrogen and oxygen atoms in total. The van der Waals surface area contributed by atoms with E-state index in [1.807, 2.05) is 51.1 Å². The maximum Gasteiger partial charge on any atom is 0.410 e. The highest BCUT2D eigenvalue weighted by molar-refractivity contribution is 5.85. The van der Waals surface area contributed by atoms with Crippen LogP contribution in [0.3, 0.4) is 0 Å². The maximum atomic E-state index is 13.4. The van der Waals surface area contributed by atoms with Crippen molar-refractivity contribution in [2.24, 2.45) is 5.41 Å². The number of likely N-dealkylation sites (N-methyl/N-ethyl adjacent to an activating group) is 1. The van der Waals surface area contributed by atoms with E-state index in [4.69, 9.17) is 14.2 Å². The third kappa shape index (κ3) is 10.6. The fourth-order valence-corrected chi connectivity index (χ4v) is 3.47. The zero-order chi connectivity index (χ0) is 27.8. The van der Waals surface area contributed by atoms with E-state index in [9.17, 15) is 18.8 Å². The maximum absolute atomic E-state index is 13.4. The molecule has 8 heteroatoms. The highest BCUT2D eigenvalue weighted by atomic mass is 19.1. The molecule has 0 aliphatic carbocycles. The first-order chi connectivity index (χ1) is 17.1. The van der Waals surface area contributed by atoms with Crippen LogP contribution in [0.15, 0.2) is 54.6 Å². The second-order valence-electron chi connectivity index (χ2n) is 11.2. The Morgan fingerprint density at radius 3 is 2.00 bits per heavy atom. The van der Waals surface area contributed by atoms with Crippen LogP contribution in [-0.2, 0) is 36.8 Å². The van der Waals surface area contributed by atoms with Gasteiger partial charge in [-0.1, -0.05) is 63.2 Å². The molecule has 0 aliphatic rings. The summed E-state index contributed by atoms with van der Waals surface area (Å²) in [6.07, 6.45) is -1.72. The Bertz CT molecular complexity index is 1040. The van der Waals surface area contributed by atoms with Gasteiger partial charge in [-0.2, -0.15) is 0 Å². The number of carbonyl (C=O) groups is 3. The number of nitrogens with zero attached hydrogens (tertiary/aromatic N) is 1. The summed E-state index contributed by atoms with van der Waals surface area (Å²) in [5.74, 6) is -1.92. The highest BCUT2D eigenvalue weighted by Gasteiger charge is 2.37. The van der Waals surface area contributed by atoms with Gasteiger partial charge in [-0.25, -0.2) is 18.8 Å². The number of esters is 2. The quantitative estimate of drug-likeness (QED) is 0.315. The van der Waals surface area contributed by atoms with Crippen LogP contribution in [0.4, 0.5) is 9.18 Å². The zero-order valence-corrected chi connectivity index (χ0v) is 22.7. The molecule has 0 N–H and O–H groups in total. The van der Waals surface area contributed by atoms with E-state index in [2.05, 4.69) is 0 Å². The lowest BCUT2D eigenvalue weighted by Gasteiger charge is -2.33. The normalized spacial score (nSPS) is 13.3. The van der Waals surface area contributed by atoms with Gasteiger partial charge in [-0.15, -0.1) is 0 Å². The van der Waals surface area contributed by atoms with Crippen molar-refractivity contribution in [3.05, 3.63) is 71.5 Å². The number of rotatable bonds is 9. The average molecular weight is 516 g/mol. The number of hydrogen-bond acceptors (Lipinski definition) is 6. The van der Waals surface area contributed by atoms with Gasteiger partial charge in [0.2, 0.25) is 6.10 Å². The summed E-state index contributed by atoms with van der Waals surface area (Å²) >= 11 is 0. The Hall–Kier alpha value is -3.42. The van der Waals surface area contributed by atoms with E-state index in [1.54, 1.807) is 20.8 Å². The van der Waals surface area contributed by atoms with E-state index in [-0.39, 0.29) is 24.9 Å². The van der Waals surface area contributed by atoms with Crippen molar-refractivity contribution in [3.63, 3.8) is 0 Å². The Kier molecular flexibility index (Phi) is 10.2. The zero-order valence-electron chi connectivity index (χ0n) is 22.7. The van der Waals surface area contributed by atoms with Crippen LogP contribution in [0.5, 0.6) is 0 Å². The second kappa shape index (κ2) is 12.7. The summed E-state index contributed by atoms with van der Waals surface area (Å²) in [7, 11) is 1.47. The summed E-state index contributed by atoms with van der Waals surface area (Å²) in [6.45, 7) is 11.0. The van der Waals surface area contributed by atoms with Gasteiger partial charge in [0.05, 0.1) is 0 Å². The largest absolute Gasteiger partial charge is 0.458 e. The molecule has 0 spiro atoms. The Morgan fingerprint density at radius 1 is 0.865 bits per heavy atom. The summed E-state index contributed by atoms with van der Waals surface area (Å²) < 4.78 is 30.0. The van der Waals surface area contributed by atoms with Gasteiger partial charge in [0.15, 0.2) is 0 Å². The van der Waals surface area contributed by atoms with Crippen LogP contribution >= 0.6 is 0 Å². The molecule has 0 saturated heterocycles. The molecule has 0 unspecified atom stereocenters. The van der Waals surface area contributed by atoms with Gasteiger partial charge in [-0.3, -0.25) is 4.90 Å². The fraction of sp³-hybridized carbons (Fsp3) is 0.483. The van der Waals surface area contributed by atoms with Crippen LogP contribution < -0.4 is 0 Å². The van der Waals surface area contributed by atoms with Gasteiger partial charge in [0.25, 0.3) is 0 Å². The molecule has 2 aromatic rings. The molecule has 0 saturated carbocycles. The smallest absolute Gasteiger partial charge is 0.410 e. The van der Waals surface area contributed by atoms with E-state index >= 15 is 0 Å². The van der Waals surface area contributed by atoms with Crippen LogP contribution in [0.25, 0.3) is 0 Å². The van der Waals surface area contributed by atoms with Gasteiger partial charge >= 0.3 is 18.0 Å². The lowest BCUT2D eigenvalue weighted by molar-refractivity contribution is -0.172. The molecule has 37 heavy (non-hydrogen) atoms. The third-order valence-electron chi connectivity index (χ3n) is 5.31. The van der Waals surface area contributed by atoms with E-state index < -0.39 is 41.6 Å². The average Bonchev–Trinajstić information content (AvgIpc) is 2.80. The lowest BCUT2D eigenvalue weighted by atomic mass is 9.87. The SMILES string of the molecule is CN(C(=O)OC(C)(C)C)[C@@H](CC(C)(C)C)C(=O)O[C@H](Cc1ccc(F)cc1)C(=O)OCc1ccccc1. The van der Waals surface area contributed by atoms with Crippen molar-refractivity contribution in [2.75, 3.05) is 7.05 Å². The molecule has 2 rings (SSSR count). The Balaban J connectivity index is 2.27. The summed E-state index contributed by atoms with van der Waals surface area (Å²) in [5.41, 5.74) is 0.260. The minimum Gasteiger partial charge on any atom is -0.458 e. The molecule has 0 radical (unpaired) electrons. The second-order valence-corrected chi connectivity index (χ2v) is 11.2. The number of amides is 1. The van der Waals surface area contributed by atoms with E-state index in [1.165, 1.54) is 36.2 Å². The molecule has 1 amide bonds. The standard InChI is InChI=1S/C29H38FNO6/c1-28(2,3)18-23(31(7)27(34)37-29(4,5)6)25(32)36-24(17-20-13-15-22(30)16-14-20)26(33)35-19-21-11-9-8-10-12-21/h8-16,23-24H,17-19H2,1-7H3/t23-,24+/m0/s1. The Morgan fingerprint density at radius 2 is 1.46 bits per heavy atom. The van der Waals surface area contributed by atoms with Crippen molar-refractivity contribution < 1.29 is 33.0 Å². The lowest BCUT2D eigenvalue weighted by Crippen LogP contribution is -2.48. The van der Waals surface area contributed by atoms with Crippen molar-refractivity contribution in [3.8, 4) is 0 Å². The third-order valence-corrected chi connectivity index (χ3v) is 5.31. The summed E-state index contributed by atoms with van der Waals surface area (Å²) in [6, 6.07) is 13.7. The molecule has 2 atom stereocenters. The van der Waals surface area contributed by atoms with E-state index in [0.717, 1.165) is 5.56 Å². The van der Waals surface area contributed by atoms with Crippen molar-refractivity contribution in [1.29, 1.82) is 0 Å². The molecule has 0 aliphatic heterocycles. The minimum atomic E-state index is -1.30. The van der Waals surface area contributed by atoms with Crippen molar-refractivity contribution in [2.45, 2.75) is 78.7 Å². The van der Waals surface area contributed by atoms with Gasteiger partial charge in [-0.05, 0) is 55.9 Å². The number of halogens is 1. The van der Waals surface area contributed by atoms with Crippen LogP contribution in [0, 0.1) is 11.2 Å². The molecule has 0 fully saturated rings. The molecular formula is C29H38FNO6. The highest BCUT2D eigenvalue weighted by Crippen LogP contribution is 2.26. The van der Waals surface area contributed by atoms with Crippen LogP contribution in [0.2, 0.25) is 0 Å². The molecule has 202 valence electrons. The predicted molar refractivity (Wildman–Crippen MR) is 138 cm³/mol. The monoisotopic (exact) mass is 515 g/mol. The predicted octanol–water partition coefficient (Wildman–Crippen LogP) is 5.70. The number of carbonyl (C=O) groups excluding carboxylic acids is 3. The van der Waals surface area contributed by atoms with Crippen molar-refractivity contribution >= 4 is 18.0 Å². The first kappa shape index (κ1) is 29.8. The molecule has 2 aromatic carbocycles. The van der Waals surface area contributed by atoms with Gasteiger partial charge < -0.3 is 14.2 Å². The molecule has 0 bridgehead atoms. The number of benzene rings is 2. The first-order valence-corrected chi connectivity index (χ1v) is 12.3. The molecule has 0 aromatic heterocycles. The number of hydrogen-bond donors (Lipinski definition) is 0. The van der Waals surface area contributed by atoms with E-state index in [0.29, 0.717) is 5.56 Å². The molecule has 0 heterocycles. The first-order valence-electron chi connectivity index (χ1n) is 12.3. The number of ether oxygens (including phenoxy) is 3. The van der Waals surface area contributed by atoms with Gasteiger partial charge in [0.1, 0.15) is 24.1 Å². The summed E-state index contributed by atoms with van der Waals surface area (Å²) in [5, 5.41) is 0.